The third-order valence-electron chi connectivity index (χ3n) is 6.25. The summed E-state index contributed by atoms with van der Waals surface area (Å²) in [7, 11) is 0. The average molecular weight is 306 g/mol. The minimum atomic E-state index is 0.149. The van der Waals surface area contributed by atoms with E-state index in [-0.39, 0.29) is 10.8 Å². The SMILES string of the molecule is CC1=C(C)C(C)(C)C(C)(C)C(C(C)C)=C(C(C)C)N1C(C)C. The van der Waals surface area contributed by atoms with Gasteiger partial charge in [0.15, 0.2) is 0 Å². The molecule has 128 valence electrons. The van der Waals surface area contributed by atoms with Gasteiger partial charge in [-0.05, 0) is 61.5 Å². The van der Waals surface area contributed by atoms with E-state index in [4.69, 9.17) is 0 Å². The van der Waals surface area contributed by atoms with Crippen LogP contribution in [-0.2, 0) is 0 Å². The minimum absolute atomic E-state index is 0.149. The second kappa shape index (κ2) is 6.06. The molecule has 0 spiro atoms. The van der Waals surface area contributed by atoms with Gasteiger partial charge in [0, 0.05) is 17.4 Å². The molecule has 0 amide bonds. The fourth-order valence-electron chi connectivity index (χ4n) is 4.34. The Morgan fingerprint density at radius 3 is 1.50 bits per heavy atom. The average Bonchev–Trinajstić information content (AvgIpc) is 2.38. The van der Waals surface area contributed by atoms with E-state index in [1.165, 1.54) is 11.3 Å². The van der Waals surface area contributed by atoms with Gasteiger partial charge >= 0.3 is 0 Å². The molecule has 0 saturated heterocycles. The molecular formula is C21H39N. The minimum Gasteiger partial charge on any atom is -0.346 e. The Balaban J connectivity index is 3.93. The van der Waals surface area contributed by atoms with Crippen molar-refractivity contribution in [3.63, 3.8) is 0 Å². The molecule has 0 saturated carbocycles. The summed E-state index contributed by atoms with van der Waals surface area (Å²) in [6.07, 6.45) is 0. The first-order valence-corrected chi connectivity index (χ1v) is 9.00. The van der Waals surface area contributed by atoms with Gasteiger partial charge in [-0.25, -0.2) is 0 Å². The van der Waals surface area contributed by atoms with Gasteiger partial charge < -0.3 is 4.90 Å². The number of hydrogen-bond acceptors (Lipinski definition) is 1. The van der Waals surface area contributed by atoms with Crippen LogP contribution in [0.25, 0.3) is 0 Å². The van der Waals surface area contributed by atoms with Crippen LogP contribution in [0.4, 0.5) is 0 Å². The lowest BCUT2D eigenvalue weighted by Crippen LogP contribution is -2.37. The van der Waals surface area contributed by atoms with Crippen LogP contribution in [0.3, 0.4) is 0 Å². The Morgan fingerprint density at radius 1 is 0.727 bits per heavy atom. The van der Waals surface area contributed by atoms with E-state index in [0.29, 0.717) is 17.9 Å². The maximum absolute atomic E-state index is 2.62. The normalized spacial score (nSPS) is 22.2. The van der Waals surface area contributed by atoms with Gasteiger partial charge in [0.25, 0.3) is 0 Å². The van der Waals surface area contributed by atoms with Gasteiger partial charge in [0.1, 0.15) is 0 Å². The standard InChI is InChI=1S/C21H39N/c1-13(2)18-19(14(3)4)22(15(5)6)17(8)16(7)20(9,10)21(18,11)12/h13-15H,1-12H3. The lowest BCUT2D eigenvalue weighted by molar-refractivity contribution is 0.182. The van der Waals surface area contributed by atoms with Crippen molar-refractivity contribution in [3.8, 4) is 0 Å². The molecule has 0 fully saturated rings. The topological polar surface area (TPSA) is 3.24 Å². The van der Waals surface area contributed by atoms with E-state index in [0.717, 1.165) is 0 Å². The van der Waals surface area contributed by atoms with Crippen molar-refractivity contribution < 1.29 is 0 Å². The highest BCUT2D eigenvalue weighted by Gasteiger charge is 2.47. The fraction of sp³-hybridized carbons (Fsp3) is 0.810. The predicted molar refractivity (Wildman–Crippen MR) is 99.6 cm³/mol. The molecule has 1 aliphatic heterocycles. The smallest absolute Gasteiger partial charge is 0.0279 e. The molecule has 1 nitrogen and oxygen atoms in total. The highest BCUT2D eigenvalue weighted by Crippen LogP contribution is 2.56. The van der Waals surface area contributed by atoms with E-state index in [1.54, 1.807) is 11.3 Å². The van der Waals surface area contributed by atoms with Gasteiger partial charge in [-0.3, -0.25) is 0 Å². The van der Waals surface area contributed by atoms with Crippen molar-refractivity contribution in [2.75, 3.05) is 0 Å². The molecule has 0 aromatic rings. The molecule has 0 radical (unpaired) electrons. The summed E-state index contributed by atoms with van der Waals surface area (Å²) in [6, 6.07) is 0.491. The maximum atomic E-state index is 2.62. The number of allylic oxidation sites excluding steroid dienone is 4. The molecule has 1 rings (SSSR count). The maximum Gasteiger partial charge on any atom is 0.0279 e. The third-order valence-corrected chi connectivity index (χ3v) is 6.25. The fourth-order valence-corrected chi connectivity index (χ4v) is 4.34. The summed E-state index contributed by atoms with van der Waals surface area (Å²) < 4.78 is 0. The van der Waals surface area contributed by atoms with Crippen molar-refractivity contribution in [2.45, 2.75) is 89.1 Å². The Labute approximate surface area is 139 Å². The molecule has 1 heterocycles. The van der Waals surface area contributed by atoms with Crippen LogP contribution in [0, 0.1) is 22.7 Å². The molecule has 0 aromatic carbocycles. The molecular weight excluding hydrogens is 266 g/mol. The Hall–Kier alpha value is -0.720. The van der Waals surface area contributed by atoms with Crippen molar-refractivity contribution in [3.05, 3.63) is 22.5 Å². The molecule has 0 aliphatic carbocycles. The quantitative estimate of drug-likeness (QED) is 0.566. The van der Waals surface area contributed by atoms with Crippen LogP contribution in [0.5, 0.6) is 0 Å². The summed E-state index contributed by atoms with van der Waals surface area (Å²) in [6.45, 7) is 28.5. The van der Waals surface area contributed by atoms with E-state index in [1.807, 2.05) is 0 Å². The van der Waals surface area contributed by atoms with Gasteiger partial charge in [-0.2, -0.15) is 0 Å². The van der Waals surface area contributed by atoms with Crippen LogP contribution < -0.4 is 0 Å². The molecule has 0 unspecified atom stereocenters. The Kier molecular flexibility index (Phi) is 5.32. The Morgan fingerprint density at radius 2 is 1.18 bits per heavy atom. The molecule has 1 aliphatic rings. The first kappa shape index (κ1) is 19.3. The first-order chi connectivity index (χ1) is 9.78. The summed E-state index contributed by atoms with van der Waals surface area (Å²) >= 11 is 0. The molecule has 0 atom stereocenters. The summed E-state index contributed by atoms with van der Waals surface area (Å²) in [4.78, 5) is 2.62. The molecule has 0 aromatic heterocycles. The summed E-state index contributed by atoms with van der Waals surface area (Å²) in [5, 5.41) is 0. The monoisotopic (exact) mass is 305 g/mol. The first-order valence-electron chi connectivity index (χ1n) is 9.00. The largest absolute Gasteiger partial charge is 0.346 e. The summed E-state index contributed by atoms with van der Waals surface area (Å²) in [5.74, 6) is 1.10. The zero-order valence-electron chi connectivity index (χ0n) is 17.2. The van der Waals surface area contributed by atoms with Gasteiger partial charge in [0.05, 0.1) is 0 Å². The second-order valence-corrected chi connectivity index (χ2v) is 9.03. The van der Waals surface area contributed by atoms with E-state index in [9.17, 15) is 0 Å². The predicted octanol–water partition coefficient (Wildman–Crippen LogP) is 6.62. The molecule has 0 N–H and O–H groups in total. The third kappa shape index (κ3) is 2.76. The lowest BCUT2D eigenvalue weighted by atomic mass is 9.58. The number of nitrogens with zero attached hydrogens (tertiary/aromatic N) is 1. The molecule has 0 bridgehead atoms. The van der Waals surface area contributed by atoms with Gasteiger partial charge in [-0.1, -0.05) is 55.4 Å². The zero-order chi connectivity index (χ0) is 17.6. The van der Waals surface area contributed by atoms with Crippen LogP contribution in [-0.4, -0.2) is 10.9 Å². The van der Waals surface area contributed by atoms with Gasteiger partial charge in [-0.15, -0.1) is 0 Å². The highest BCUT2D eigenvalue weighted by atomic mass is 15.2. The Bertz CT molecular complexity index is 484. The van der Waals surface area contributed by atoms with Crippen molar-refractivity contribution in [2.24, 2.45) is 22.7 Å². The molecule has 22 heavy (non-hydrogen) atoms. The van der Waals surface area contributed by atoms with Crippen LogP contribution in [0.15, 0.2) is 22.5 Å². The van der Waals surface area contributed by atoms with E-state index in [2.05, 4.69) is 88.0 Å². The van der Waals surface area contributed by atoms with Crippen molar-refractivity contribution in [1.29, 1.82) is 0 Å². The van der Waals surface area contributed by atoms with E-state index >= 15 is 0 Å². The van der Waals surface area contributed by atoms with Crippen LogP contribution in [0.2, 0.25) is 0 Å². The second-order valence-electron chi connectivity index (χ2n) is 9.03. The van der Waals surface area contributed by atoms with Gasteiger partial charge in [0.2, 0.25) is 0 Å². The number of hydrogen-bond donors (Lipinski definition) is 0. The highest BCUT2D eigenvalue weighted by molar-refractivity contribution is 5.38. The summed E-state index contributed by atoms with van der Waals surface area (Å²) in [5.41, 5.74) is 6.47. The van der Waals surface area contributed by atoms with Crippen LogP contribution >= 0.6 is 0 Å². The van der Waals surface area contributed by atoms with Crippen molar-refractivity contribution >= 4 is 0 Å². The van der Waals surface area contributed by atoms with E-state index < -0.39 is 0 Å². The molecule has 1 heteroatoms. The van der Waals surface area contributed by atoms with Crippen molar-refractivity contribution in [1.82, 2.24) is 4.90 Å². The van der Waals surface area contributed by atoms with Crippen LogP contribution in [0.1, 0.15) is 83.1 Å². The number of rotatable bonds is 3. The lowest BCUT2D eigenvalue weighted by Gasteiger charge is -2.46. The zero-order valence-corrected chi connectivity index (χ0v) is 17.2.